The van der Waals surface area contributed by atoms with E-state index in [0.29, 0.717) is 16.9 Å². The van der Waals surface area contributed by atoms with Gasteiger partial charge < -0.3 is 4.74 Å². The molecule has 0 bridgehead atoms. The molecule has 3 nitrogen and oxygen atoms in total. The summed E-state index contributed by atoms with van der Waals surface area (Å²) in [6.07, 6.45) is -0.340. The Balaban J connectivity index is 2.16. The fourth-order valence-corrected chi connectivity index (χ4v) is 2.00. The van der Waals surface area contributed by atoms with Crippen LogP contribution in [0.4, 0.5) is 4.39 Å². The topological polar surface area (TPSA) is 43.4 Å². The predicted molar refractivity (Wildman–Crippen MR) is 77.7 cm³/mol. The van der Waals surface area contributed by atoms with E-state index in [1.165, 1.54) is 25.1 Å². The van der Waals surface area contributed by atoms with Gasteiger partial charge in [0.25, 0.3) is 0 Å². The molecular formula is C16H12ClFO3. The summed E-state index contributed by atoms with van der Waals surface area (Å²) in [7, 11) is 0. The second-order valence-corrected chi connectivity index (χ2v) is 4.88. The number of halogens is 2. The second kappa shape index (κ2) is 6.50. The van der Waals surface area contributed by atoms with Gasteiger partial charge in [0.15, 0.2) is 17.7 Å². The third-order valence-corrected chi connectivity index (χ3v) is 3.11. The van der Waals surface area contributed by atoms with E-state index in [1.54, 1.807) is 18.2 Å². The SMILES string of the molecule is CC(Oc1ccc(C=O)cc1F)C(=O)c1cccc(Cl)c1. The van der Waals surface area contributed by atoms with Crippen molar-refractivity contribution in [3.05, 3.63) is 64.4 Å². The molecule has 2 rings (SSSR count). The van der Waals surface area contributed by atoms with Crippen LogP contribution in [-0.2, 0) is 0 Å². The molecule has 2 aromatic rings. The van der Waals surface area contributed by atoms with E-state index in [4.69, 9.17) is 16.3 Å². The quantitative estimate of drug-likeness (QED) is 0.620. The van der Waals surface area contributed by atoms with Gasteiger partial charge in [-0.25, -0.2) is 4.39 Å². The lowest BCUT2D eigenvalue weighted by atomic mass is 10.1. The lowest BCUT2D eigenvalue weighted by Crippen LogP contribution is -2.24. The Labute approximate surface area is 126 Å². The Kier molecular flexibility index (Phi) is 4.70. The summed E-state index contributed by atoms with van der Waals surface area (Å²) in [6.45, 7) is 1.52. The minimum atomic E-state index is -0.875. The molecule has 0 saturated carbocycles. The molecule has 0 saturated heterocycles. The van der Waals surface area contributed by atoms with Crippen molar-refractivity contribution in [2.75, 3.05) is 0 Å². The zero-order chi connectivity index (χ0) is 15.4. The first-order valence-corrected chi connectivity index (χ1v) is 6.60. The Hall–Kier alpha value is -2.20. The maximum absolute atomic E-state index is 13.7. The van der Waals surface area contributed by atoms with Gasteiger partial charge in [-0.1, -0.05) is 23.7 Å². The summed E-state index contributed by atoms with van der Waals surface area (Å²) in [4.78, 5) is 22.7. The molecule has 0 heterocycles. The summed E-state index contributed by atoms with van der Waals surface area (Å²) < 4.78 is 19.0. The number of benzene rings is 2. The van der Waals surface area contributed by atoms with Crippen LogP contribution in [-0.4, -0.2) is 18.2 Å². The van der Waals surface area contributed by atoms with Gasteiger partial charge >= 0.3 is 0 Å². The van der Waals surface area contributed by atoms with Crippen molar-refractivity contribution in [3.63, 3.8) is 0 Å². The fraction of sp³-hybridized carbons (Fsp3) is 0.125. The van der Waals surface area contributed by atoms with E-state index >= 15 is 0 Å². The zero-order valence-corrected chi connectivity index (χ0v) is 11.9. The molecule has 0 radical (unpaired) electrons. The van der Waals surface area contributed by atoms with Gasteiger partial charge in [0, 0.05) is 16.1 Å². The summed E-state index contributed by atoms with van der Waals surface area (Å²) in [5.74, 6) is -1.08. The maximum Gasteiger partial charge on any atom is 0.203 e. The summed E-state index contributed by atoms with van der Waals surface area (Å²) in [6, 6.07) is 10.2. The molecule has 0 aliphatic heterocycles. The number of Topliss-reactive ketones (excluding diaryl/α,β-unsaturated/α-hetero) is 1. The molecule has 0 aliphatic carbocycles. The highest BCUT2D eigenvalue weighted by Crippen LogP contribution is 2.21. The predicted octanol–water partition coefficient (Wildman–Crippen LogP) is 3.94. The number of aldehydes is 1. The van der Waals surface area contributed by atoms with Crippen molar-refractivity contribution >= 4 is 23.7 Å². The molecule has 0 aromatic heterocycles. The smallest absolute Gasteiger partial charge is 0.203 e. The highest BCUT2D eigenvalue weighted by molar-refractivity contribution is 6.31. The zero-order valence-electron chi connectivity index (χ0n) is 11.2. The molecular weight excluding hydrogens is 295 g/mol. The molecule has 0 N–H and O–H groups in total. The van der Waals surface area contributed by atoms with Crippen LogP contribution in [0.2, 0.25) is 5.02 Å². The lowest BCUT2D eigenvalue weighted by molar-refractivity contribution is 0.0812. The monoisotopic (exact) mass is 306 g/mol. The van der Waals surface area contributed by atoms with E-state index in [-0.39, 0.29) is 17.1 Å². The molecule has 21 heavy (non-hydrogen) atoms. The van der Waals surface area contributed by atoms with Crippen LogP contribution in [0.25, 0.3) is 0 Å². The van der Waals surface area contributed by atoms with Gasteiger partial charge in [-0.15, -0.1) is 0 Å². The summed E-state index contributed by atoms with van der Waals surface area (Å²) in [5.41, 5.74) is 0.591. The number of ketones is 1. The van der Waals surface area contributed by atoms with Gasteiger partial charge in [-0.3, -0.25) is 9.59 Å². The van der Waals surface area contributed by atoms with E-state index in [2.05, 4.69) is 0 Å². The lowest BCUT2D eigenvalue weighted by Gasteiger charge is -2.14. The van der Waals surface area contributed by atoms with Crippen molar-refractivity contribution in [2.24, 2.45) is 0 Å². The van der Waals surface area contributed by atoms with Gasteiger partial charge in [0.1, 0.15) is 6.29 Å². The number of carbonyl (C=O) groups excluding carboxylic acids is 2. The fourth-order valence-electron chi connectivity index (χ4n) is 1.81. The van der Waals surface area contributed by atoms with Gasteiger partial charge in [-0.05, 0) is 37.3 Å². The van der Waals surface area contributed by atoms with Gasteiger partial charge in [0.2, 0.25) is 5.78 Å². The molecule has 108 valence electrons. The van der Waals surface area contributed by atoms with Crippen LogP contribution in [0.5, 0.6) is 5.75 Å². The molecule has 5 heteroatoms. The number of hydrogen-bond acceptors (Lipinski definition) is 3. The van der Waals surface area contributed by atoms with Crippen molar-refractivity contribution < 1.29 is 18.7 Å². The van der Waals surface area contributed by atoms with E-state index in [9.17, 15) is 14.0 Å². The highest BCUT2D eigenvalue weighted by atomic mass is 35.5. The first-order valence-electron chi connectivity index (χ1n) is 6.22. The first-order chi connectivity index (χ1) is 10.0. The van der Waals surface area contributed by atoms with Crippen LogP contribution < -0.4 is 4.74 Å². The van der Waals surface area contributed by atoms with Crippen LogP contribution in [0, 0.1) is 5.82 Å². The third kappa shape index (κ3) is 3.67. The molecule has 0 fully saturated rings. The van der Waals surface area contributed by atoms with Gasteiger partial charge in [0.05, 0.1) is 0 Å². The molecule has 1 unspecified atom stereocenters. The van der Waals surface area contributed by atoms with E-state index < -0.39 is 11.9 Å². The Morgan fingerprint density at radius 2 is 2.05 bits per heavy atom. The molecule has 2 aromatic carbocycles. The molecule has 0 amide bonds. The maximum atomic E-state index is 13.7. The highest BCUT2D eigenvalue weighted by Gasteiger charge is 2.18. The van der Waals surface area contributed by atoms with Crippen molar-refractivity contribution in [1.29, 1.82) is 0 Å². The van der Waals surface area contributed by atoms with Crippen molar-refractivity contribution in [1.82, 2.24) is 0 Å². The number of rotatable bonds is 5. The van der Waals surface area contributed by atoms with Crippen LogP contribution in [0.15, 0.2) is 42.5 Å². The molecule has 0 aliphatic rings. The minimum absolute atomic E-state index is 0.0801. The number of hydrogen-bond donors (Lipinski definition) is 0. The summed E-state index contributed by atoms with van der Waals surface area (Å²) in [5, 5.41) is 0.439. The Morgan fingerprint density at radius 3 is 2.67 bits per heavy atom. The summed E-state index contributed by atoms with van der Waals surface area (Å²) >= 11 is 5.83. The average Bonchev–Trinajstić information content (AvgIpc) is 2.48. The Morgan fingerprint density at radius 1 is 1.29 bits per heavy atom. The number of ether oxygens (including phenoxy) is 1. The van der Waals surface area contributed by atoms with Crippen LogP contribution in [0.3, 0.4) is 0 Å². The third-order valence-electron chi connectivity index (χ3n) is 2.87. The van der Waals surface area contributed by atoms with E-state index in [0.717, 1.165) is 6.07 Å². The van der Waals surface area contributed by atoms with Crippen molar-refractivity contribution in [2.45, 2.75) is 13.0 Å². The molecule has 0 spiro atoms. The largest absolute Gasteiger partial charge is 0.479 e. The van der Waals surface area contributed by atoms with Crippen molar-refractivity contribution in [3.8, 4) is 5.75 Å². The van der Waals surface area contributed by atoms with Crippen LogP contribution >= 0.6 is 11.6 Å². The first kappa shape index (κ1) is 15.2. The second-order valence-electron chi connectivity index (χ2n) is 4.44. The average molecular weight is 307 g/mol. The Bertz CT molecular complexity index is 685. The normalized spacial score (nSPS) is 11.8. The van der Waals surface area contributed by atoms with E-state index in [1.807, 2.05) is 0 Å². The van der Waals surface area contributed by atoms with Gasteiger partial charge in [-0.2, -0.15) is 0 Å². The standard InChI is InChI=1S/C16H12ClFO3/c1-10(16(20)12-3-2-4-13(17)8-12)21-15-6-5-11(9-19)7-14(15)18/h2-10H,1H3. The molecule has 1 atom stereocenters. The van der Waals surface area contributed by atoms with Crippen LogP contribution in [0.1, 0.15) is 27.6 Å². The number of carbonyl (C=O) groups is 2. The minimum Gasteiger partial charge on any atom is -0.479 e.